The molecule has 0 fully saturated rings. The minimum atomic E-state index is -4.48. The van der Waals surface area contributed by atoms with E-state index in [0.29, 0.717) is 11.1 Å². The first-order chi connectivity index (χ1) is 18.2. The van der Waals surface area contributed by atoms with Gasteiger partial charge in [0.1, 0.15) is 0 Å². The van der Waals surface area contributed by atoms with E-state index >= 15 is 0 Å². The molecular weight excluding hydrogens is 495 g/mol. The van der Waals surface area contributed by atoms with E-state index in [1.54, 1.807) is 36.3 Å². The molecule has 5 rings (SSSR count). The van der Waals surface area contributed by atoms with E-state index in [4.69, 9.17) is 4.74 Å². The van der Waals surface area contributed by atoms with Gasteiger partial charge in [-0.3, -0.25) is 9.59 Å². The van der Waals surface area contributed by atoms with Crippen molar-refractivity contribution in [1.82, 2.24) is 9.47 Å². The maximum atomic E-state index is 14.0. The molecule has 2 amide bonds. The molecule has 6 nitrogen and oxygen atoms in total. The van der Waals surface area contributed by atoms with Crippen LogP contribution in [0.25, 0.3) is 10.9 Å². The quantitative estimate of drug-likeness (QED) is 0.351. The Morgan fingerprint density at radius 3 is 2.37 bits per heavy atom. The molecule has 0 unspecified atom stereocenters. The number of anilines is 1. The highest BCUT2D eigenvalue weighted by atomic mass is 19.4. The van der Waals surface area contributed by atoms with E-state index in [1.165, 1.54) is 12.1 Å². The fourth-order valence-corrected chi connectivity index (χ4v) is 5.23. The van der Waals surface area contributed by atoms with Crippen molar-refractivity contribution in [3.8, 4) is 0 Å². The van der Waals surface area contributed by atoms with Gasteiger partial charge in [0.05, 0.1) is 24.1 Å². The van der Waals surface area contributed by atoms with Gasteiger partial charge in [-0.15, -0.1) is 0 Å². The van der Waals surface area contributed by atoms with Crippen LogP contribution in [0.5, 0.6) is 0 Å². The maximum Gasteiger partial charge on any atom is 0.416 e. The van der Waals surface area contributed by atoms with Gasteiger partial charge in [0.25, 0.3) is 5.91 Å². The van der Waals surface area contributed by atoms with E-state index in [2.05, 4.69) is 5.32 Å². The van der Waals surface area contributed by atoms with E-state index in [1.807, 2.05) is 42.1 Å². The number of alkyl halides is 3. The number of halogens is 3. The number of rotatable bonds is 6. The Kier molecular flexibility index (Phi) is 6.71. The number of ether oxygens (including phenoxy) is 1. The van der Waals surface area contributed by atoms with Gasteiger partial charge in [-0.25, -0.2) is 0 Å². The van der Waals surface area contributed by atoms with Crippen LogP contribution in [0.2, 0.25) is 0 Å². The number of aryl methyl sites for hydroxylation is 1. The first kappa shape index (κ1) is 25.5. The lowest BCUT2D eigenvalue weighted by Crippen LogP contribution is -2.47. The summed E-state index contributed by atoms with van der Waals surface area (Å²) in [6.45, 7) is 0.518. The number of amides is 2. The summed E-state index contributed by atoms with van der Waals surface area (Å²) in [5.74, 6) is -1.46. The minimum absolute atomic E-state index is 0.214. The van der Waals surface area contributed by atoms with Crippen LogP contribution in [-0.4, -0.2) is 41.5 Å². The second kappa shape index (κ2) is 9.98. The van der Waals surface area contributed by atoms with E-state index < -0.39 is 29.6 Å². The second-order valence-electron chi connectivity index (χ2n) is 9.28. The van der Waals surface area contributed by atoms with E-state index in [-0.39, 0.29) is 24.7 Å². The van der Waals surface area contributed by atoms with Crippen molar-refractivity contribution in [1.29, 1.82) is 0 Å². The monoisotopic (exact) mass is 521 g/mol. The zero-order valence-electron chi connectivity index (χ0n) is 20.8. The van der Waals surface area contributed by atoms with Gasteiger partial charge in [0.2, 0.25) is 5.91 Å². The van der Waals surface area contributed by atoms with Crippen LogP contribution in [-0.2, 0) is 22.8 Å². The standard InChI is InChI=1S/C29H26F3N3O3/c1-34-17-23(20-7-5-6-10-24(20)34)26-25(27(36)33-19-13-11-18(12-14-19)29(30,31)32)21-8-3-4-9-22(21)28(37)35(26)15-16-38-2/h3-14,17,25-26H,15-16H2,1-2H3,(H,33,36)/t25-,26+/m0/s1. The number of hydrogen-bond acceptors (Lipinski definition) is 3. The summed E-state index contributed by atoms with van der Waals surface area (Å²) < 4.78 is 46.4. The Hall–Kier alpha value is -4.11. The average molecular weight is 522 g/mol. The van der Waals surface area contributed by atoms with Crippen molar-refractivity contribution in [3.63, 3.8) is 0 Å². The lowest BCUT2D eigenvalue weighted by Gasteiger charge is -2.41. The molecule has 0 radical (unpaired) electrons. The lowest BCUT2D eigenvalue weighted by atomic mass is 9.79. The van der Waals surface area contributed by atoms with Crippen LogP contribution in [0.4, 0.5) is 18.9 Å². The fourth-order valence-electron chi connectivity index (χ4n) is 5.23. The first-order valence-electron chi connectivity index (χ1n) is 12.1. The summed E-state index contributed by atoms with van der Waals surface area (Å²) in [5, 5.41) is 3.70. The summed E-state index contributed by atoms with van der Waals surface area (Å²) in [4.78, 5) is 29.3. The molecule has 0 spiro atoms. The number of fused-ring (bicyclic) bond motifs is 2. The summed E-state index contributed by atoms with van der Waals surface area (Å²) in [5.41, 5.74) is 2.15. The minimum Gasteiger partial charge on any atom is -0.383 e. The molecule has 0 saturated heterocycles. The summed E-state index contributed by atoms with van der Waals surface area (Å²) in [7, 11) is 3.45. The van der Waals surface area contributed by atoms with Gasteiger partial charge in [-0.05, 0) is 42.0 Å². The van der Waals surface area contributed by atoms with E-state index in [0.717, 1.165) is 28.6 Å². The number of hydrogen-bond donors (Lipinski definition) is 1. The van der Waals surface area contributed by atoms with Crippen LogP contribution >= 0.6 is 0 Å². The van der Waals surface area contributed by atoms with Crippen molar-refractivity contribution in [2.24, 2.45) is 7.05 Å². The van der Waals surface area contributed by atoms with Crippen molar-refractivity contribution >= 4 is 28.4 Å². The Bertz CT molecular complexity index is 1490. The lowest BCUT2D eigenvalue weighted by molar-refractivity contribution is -0.137. The zero-order chi connectivity index (χ0) is 27.0. The molecule has 1 aliphatic rings. The third-order valence-electron chi connectivity index (χ3n) is 6.98. The third-order valence-corrected chi connectivity index (χ3v) is 6.98. The van der Waals surface area contributed by atoms with Crippen LogP contribution in [0, 0.1) is 0 Å². The second-order valence-corrected chi connectivity index (χ2v) is 9.28. The molecule has 1 aromatic heterocycles. The van der Waals surface area contributed by atoms with Gasteiger partial charge in [0, 0.05) is 54.6 Å². The normalized spacial score (nSPS) is 17.5. The number of nitrogens with zero attached hydrogens (tertiary/aromatic N) is 2. The number of carbonyl (C=O) groups is 2. The highest BCUT2D eigenvalue weighted by Crippen LogP contribution is 2.45. The fraction of sp³-hybridized carbons (Fsp3) is 0.241. The molecule has 196 valence electrons. The van der Waals surface area contributed by atoms with Crippen LogP contribution < -0.4 is 5.32 Å². The number of para-hydroxylation sites is 1. The number of methoxy groups -OCH3 is 1. The summed E-state index contributed by atoms with van der Waals surface area (Å²) >= 11 is 0. The number of aromatic nitrogens is 1. The molecule has 0 saturated carbocycles. The van der Waals surface area contributed by atoms with Crippen LogP contribution in [0.3, 0.4) is 0 Å². The Balaban J connectivity index is 1.63. The molecule has 9 heteroatoms. The maximum absolute atomic E-state index is 14.0. The smallest absolute Gasteiger partial charge is 0.383 e. The molecule has 0 bridgehead atoms. The highest BCUT2D eigenvalue weighted by molar-refractivity contribution is 6.05. The molecule has 1 aliphatic heterocycles. The molecule has 4 aromatic rings. The number of benzene rings is 3. The topological polar surface area (TPSA) is 63.6 Å². The Morgan fingerprint density at radius 1 is 0.974 bits per heavy atom. The number of carbonyl (C=O) groups excluding carboxylic acids is 2. The van der Waals surface area contributed by atoms with Gasteiger partial charge in [-0.1, -0.05) is 36.4 Å². The van der Waals surface area contributed by atoms with Crippen molar-refractivity contribution in [2.75, 3.05) is 25.6 Å². The van der Waals surface area contributed by atoms with Gasteiger partial charge in [0.15, 0.2) is 0 Å². The highest BCUT2D eigenvalue weighted by Gasteiger charge is 2.45. The largest absolute Gasteiger partial charge is 0.416 e. The van der Waals surface area contributed by atoms with Crippen molar-refractivity contribution in [3.05, 3.63) is 101 Å². The molecule has 1 N–H and O–H groups in total. The van der Waals surface area contributed by atoms with E-state index in [9.17, 15) is 22.8 Å². The predicted octanol–water partition coefficient (Wildman–Crippen LogP) is 5.76. The molecule has 0 aliphatic carbocycles. The zero-order valence-corrected chi connectivity index (χ0v) is 20.8. The molecule has 2 atom stereocenters. The third kappa shape index (κ3) is 4.54. The Labute approximate surface area is 217 Å². The predicted molar refractivity (Wildman–Crippen MR) is 138 cm³/mol. The number of nitrogens with one attached hydrogen (secondary N) is 1. The van der Waals surface area contributed by atoms with Crippen LogP contribution in [0.15, 0.2) is 79.0 Å². The molecule has 3 aromatic carbocycles. The molecule has 38 heavy (non-hydrogen) atoms. The Morgan fingerprint density at radius 2 is 1.66 bits per heavy atom. The summed E-state index contributed by atoms with van der Waals surface area (Å²) in [6, 6.07) is 18.4. The SMILES string of the molecule is COCCN1C(=O)c2ccccc2[C@H](C(=O)Nc2ccc(C(F)(F)F)cc2)[C@H]1c1cn(C)c2ccccc12. The molecule has 2 heterocycles. The average Bonchev–Trinajstić information content (AvgIpc) is 3.24. The summed E-state index contributed by atoms with van der Waals surface area (Å²) in [6.07, 6.45) is -2.55. The van der Waals surface area contributed by atoms with Crippen molar-refractivity contribution < 1.29 is 27.5 Å². The van der Waals surface area contributed by atoms with Crippen molar-refractivity contribution in [2.45, 2.75) is 18.1 Å². The first-order valence-corrected chi connectivity index (χ1v) is 12.1. The molecular formula is C29H26F3N3O3. The van der Waals surface area contributed by atoms with Crippen LogP contribution in [0.1, 0.15) is 39.0 Å². The van der Waals surface area contributed by atoms with Gasteiger partial charge >= 0.3 is 6.18 Å². The van der Waals surface area contributed by atoms with Gasteiger partial charge < -0.3 is 19.5 Å². The van der Waals surface area contributed by atoms with Gasteiger partial charge in [-0.2, -0.15) is 13.2 Å².